The number of aliphatic hydroxyl groups is 4. The Morgan fingerprint density at radius 2 is 0.506 bits per heavy atom. The van der Waals surface area contributed by atoms with Crippen LogP contribution in [0.3, 0.4) is 0 Å². The molecule has 502 valence electrons. The average molecular weight is 1210 g/mol. The van der Waals surface area contributed by atoms with E-state index in [0.29, 0.717) is 51.4 Å². The first-order chi connectivity index (χ1) is 41.3. The number of methoxy groups -OCH3 is 1. The molecule has 1 rings (SSSR count). The maximum Gasteiger partial charge on any atom is 0.356 e. The molecule has 85 heavy (non-hydrogen) atoms. The van der Waals surface area contributed by atoms with E-state index in [1.807, 2.05) is 0 Å². The quantitative estimate of drug-likeness (QED) is 0.0194. The van der Waals surface area contributed by atoms with Crippen molar-refractivity contribution in [3.63, 3.8) is 0 Å². The minimum absolute atomic E-state index is 0.223. The van der Waals surface area contributed by atoms with Crippen LogP contribution in [0, 0.1) is 0 Å². The van der Waals surface area contributed by atoms with Gasteiger partial charge in [-0.3, -0.25) is 23.9 Å². The molecule has 0 saturated carbocycles. The van der Waals surface area contributed by atoms with Gasteiger partial charge in [0.15, 0.2) is 0 Å². The molecule has 14 nitrogen and oxygen atoms in total. The molecule has 14 heteroatoms. The Labute approximate surface area is 520 Å². The Balaban J connectivity index is 3.37. The second-order valence-electron chi connectivity index (χ2n) is 25.4. The molecule has 1 aliphatic rings. The number of ether oxygens (including phenoxy) is 6. The first-order valence-electron chi connectivity index (χ1n) is 36.2. The summed E-state index contributed by atoms with van der Waals surface area (Å²) < 4.78 is 34.4. The second kappa shape index (κ2) is 53.5. The van der Waals surface area contributed by atoms with Gasteiger partial charge in [-0.15, -0.1) is 0 Å². The SMILES string of the molecule is CCCCCCCCCCCCCCCC(=O)OC1(CO)O[C@H](OC)[C@](O)(OC(=O)CCCCCCCCCCCCCCC)[C@@](O)(OC(=O)CCCCCCCCCCCCCCC)[C@@]1(O)OC(=O)CCCCCCCCCCCCCCC. The lowest BCUT2D eigenvalue weighted by Gasteiger charge is -2.58. The van der Waals surface area contributed by atoms with Gasteiger partial charge in [-0.2, -0.15) is 0 Å². The van der Waals surface area contributed by atoms with E-state index in [2.05, 4.69) is 27.7 Å². The van der Waals surface area contributed by atoms with Crippen LogP contribution in [0.2, 0.25) is 0 Å². The topological polar surface area (TPSA) is 205 Å². The number of unbranched alkanes of at least 4 members (excludes halogenated alkanes) is 48. The summed E-state index contributed by atoms with van der Waals surface area (Å²) >= 11 is 0. The molecule has 0 aromatic heterocycles. The standard InChI is InChI=1S/C71H134O14/c1-6-10-14-18-22-26-30-34-38-42-46-50-54-58-63(73)81-68(62-72)70(78,83-65(75)60-56-52-48-44-40-36-32-28-24-20-16-12-8-3)71(79,84-66(76)61-57-53-49-45-41-37-33-29-25-21-17-13-9-4)69(77,67(80-5)85-68)82-64(74)59-55-51-47-43-39-35-31-27-23-19-15-11-7-2/h67,72,77-79H,6-62H2,1-5H3/t67-,68?,69-,70-,71+/m0/s1. The van der Waals surface area contributed by atoms with Crippen molar-refractivity contribution in [2.24, 2.45) is 0 Å². The summed E-state index contributed by atoms with van der Waals surface area (Å²) in [6, 6.07) is 0. The van der Waals surface area contributed by atoms with Crippen LogP contribution in [0.5, 0.6) is 0 Å². The molecule has 4 N–H and O–H groups in total. The Bertz CT molecular complexity index is 1600. The third kappa shape index (κ3) is 35.6. The zero-order valence-electron chi connectivity index (χ0n) is 55.8. The third-order valence-electron chi connectivity index (χ3n) is 17.5. The fourth-order valence-corrected chi connectivity index (χ4v) is 11.9. The smallest absolute Gasteiger partial charge is 0.356 e. The summed E-state index contributed by atoms with van der Waals surface area (Å²) in [5, 5.41) is 50.2. The molecule has 0 amide bonds. The van der Waals surface area contributed by atoms with Gasteiger partial charge in [0.05, 0.1) is 0 Å². The van der Waals surface area contributed by atoms with Crippen LogP contribution in [0.15, 0.2) is 0 Å². The molecule has 1 heterocycles. The summed E-state index contributed by atoms with van der Waals surface area (Å²) in [5.74, 6) is -19.2. The highest BCUT2D eigenvalue weighted by Gasteiger charge is 2.87. The van der Waals surface area contributed by atoms with E-state index in [-0.39, 0.29) is 25.7 Å². The predicted octanol–water partition coefficient (Wildman–Crippen LogP) is 18.8. The maximum atomic E-state index is 14.1. The minimum atomic E-state index is -4.00. The number of esters is 4. The van der Waals surface area contributed by atoms with Crippen molar-refractivity contribution >= 4 is 23.9 Å². The van der Waals surface area contributed by atoms with Gasteiger partial charge < -0.3 is 44.1 Å². The van der Waals surface area contributed by atoms with Gasteiger partial charge in [0.2, 0.25) is 6.29 Å². The highest BCUT2D eigenvalue weighted by Crippen LogP contribution is 2.53. The van der Waals surface area contributed by atoms with Crippen molar-refractivity contribution in [3.05, 3.63) is 0 Å². The summed E-state index contributed by atoms with van der Waals surface area (Å²) in [4.78, 5) is 56.0. The van der Waals surface area contributed by atoms with Crippen LogP contribution in [0.4, 0.5) is 0 Å². The molecule has 0 aromatic rings. The van der Waals surface area contributed by atoms with Gasteiger partial charge in [0, 0.05) is 32.8 Å². The zero-order valence-corrected chi connectivity index (χ0v) is 55.8. The van der Waals surface area contributed by atoms with Crippen molar-refractivity contribution in [1.82, 2.24) is 0 Å². The lowest BCUT2D eigenvalue weighted by atomic mass is 9.84. The number of rotatable bonds is 62. The molecule has 0 aliphatic carbocycles. The van der Waals surface area contributed by atoms with E-state index in [0.717, 1.165) is 110 Å². The molecular formula is C71H134O14. The maximum absolute atomic E-state index is 14.1. The fourth-order valence-electron chi connectivity index (χ4n) is 11.9. The monoisotopic (exact) mass is 1210 g/mol. The summed E-state index contributed by atoms with van der Waals surface area (Å²) in [6.07, 6.45) is 51.7. The van der Waals surface area contributed by atoms with Crippen molar-refractivity contribution in [1.29, 1.82) is 0 Å². The highest BCUT2D eigenvalue weighted by molar-refractivity contribution is 5.73. The molecule has 0 radical (unpaired) electrons. The molecular weight excluding hydrogens is 1080 g/mol. The Morgan fingerprint density at radius 1 is 0.306 bits per heavy atom. The second-order valence-corrected chi connectivity index (χ2v) is 25.4. The van der Waals surface area contributed by atoms with Crippen LogP contribution in [-0.4, -0.2) is 87.5 Å². The van der Waals surface area contributed by atoms with E-state index in [1.54, 1.807) is 0 Å². The molecule has 1 fully saturated rings. The van der Waals surface area contributed by atoms with Gasteiger partial charge in [0.1, 0.15) is 6.61 Å². The Kier molecular flexibility index (Phi) is 50.7. The van der Waals surface area contributed by atoms with E-state index in [4.69, 9.17) is 28.4 Å². The molecule has 0 spiro atoms. The molecule has 0 bridgehead atoms. The summed E-state index contributed by atoms with van der Waals surface area (Å²) in [5.41, 5.74) is 0. The van der Waals surface area contributed by atoms with Gasteiger partial charge in [-0.05, 0) is 25.7 Å². The highest BCUT2D eigenvalue weighted by atomic mass is 16.9. The number of hydrogen-bond donors (Lipinski definition) is 4. The first-order valence-corrected chi connectivity index (χ1v) is 36.2. The van der Waals surface area contributed by atoms with Crippen LogP contribution >= 0.6 is 0 Å². The number of carbonyl (C=O) groups is 4. The lowest BCUT2D eigenvalue weighted by molar-refractivity contribution is -0.577. The van der Waals surface area contributed by atoms with E-state index < -0.39 is 59.9 Å². The van der Waals surface area contributed by atoms with Crippen molar-refractivity contribution in [3.8, 4) is 0 Å². The van der Waals surface area contributed by atoms with Crippen LogP contribution < -0.4 is 0 Å². The van der Waals surface area contributed by atoms with Crippen LogP contribution in [0.25, 0.3) is 0 Å². The third-order valence-corrected chi connectivity index (χ3v) is 17.5. The summed E-state index contributed by atoms with van der Waals surface area (Å²) in [7, 11) is 1.02. The number of aliphatic hydroxyl groups excluding tert-OH is 1. The number of carbonyl (C=O) groups excluding carboxylic acids is 4. The van der Waals surface area contributed by atoms with Gasteiger partial charge in [-0.1, -0.05) is 336 Å². The van der Waals surface area contributed by atoms with Gasteiger partial charge in [0.25, 0.3) is 0 Å². The zero-order chi connectivity index (χ0) is 62.4. The average Bonchev–Trinajstić information content (AvgIpc) is 0.747. The van der Waals surface area contributed by atoms with Gasteiger partial charge in [-0.25, -0.2) is 0 Å². The predicted molar refractivity (Wildman–Crippen MR) is 342 cm³/mol. The molecule has 0 aromatic carbocycles. The minimum Gasteiger partial charge on any atom is -0.423 e. The molecule has 1 aliphatic heterocycles. The fraction of sp³-hybridized carbons (Fsp3) is 0.944. The van der Waals surface area contributed by atoms with E-state index in [9.17, 15) is 39.6 Å². The van der Waals surface area contributed by atoms with Gasteiger partial charge >= 0.3 is 47.0 Å². The van der Waals surface area contributed by atoms with E-state index >= 15 is 0 Å². The largest absolute Gasteiger partial charge is 0.423 e. The normalized spacial score (nSPS) is 20.4. The van der Waals surface area contributed by atoms with Crippen molar-refractivity contribution in [2.75, 3.05) is 13.7 Å². The Morgan fingerprint density at radius 3 is 0.729 bits per heavy atom. The van der Waals surface area contributed by atoms with Crippen molar-refractivity contribution < 1.29 is 68.0 Å². The molecule has 1 unspecified atom stereocenters. The summed E-state index contributed by atoms with van der Waals surface area (Å²) in [6.45, 7) is 7.41. The number of hydrogen-bond acceptors (Lipinski definition) is 14. The van der Waals surface area contributed by atoms with Crippen LogP contribution in [0.1, 0.15) is 387 Å². The lowest BCUT2D eigenvalue weighted by Crippen LogP contribution is -2.88. The van der Waals surface area contributed by atoms with Crippen molar-refractivity contribution in [2.45, 2.75) is 417 Å². The molecule has 5 atom stereocenters. The molecule has 1 saturated heterocycles. The first kappa shape index (κ1) is 80.7. The van der Waals surface area contributed by atoms with E-state index in [1.165, 1.54) is 180 Å². The van der Waals surface area contributed by atoms with Crippen LogP contribution in [-0.2, 0) is 47.6 Å². The Hall–Kier alpha value is -2.36.